The molecule has 0 aliphatic rings. The molecule has 0 amide bonds. The molecule has 0 aromatic rings. The van der Waals surface area contributed by atoms with Crippen molar-refractivity contribution in [2.45, 2.75) is 52.0 Å². The largest absolute Gasteiger partial charge is 0.306 e. The number of nitriles is 1. The molecule has 0 aliphatic heterocycles. The first-order valence-electron chi connectivity index (χ1n) is 6.42. The van der Waals surface area contributed by atoms with Crippen LogP contribution in [-0.2, 0) is 0 Å². The van der Waals surface area contributed by atoms with Crippen molar-refractivity contribution in [2.75, 3.05) is 26.7 Å². The average Bonchev–Trinajstić information content (AvgIpc) is 2.27. The summed E-state index contributed by atoms with van der Waals surface area (Å²) in [4.78, 5) is 2.32. The Morgan fingerprint density at radius 2 is 1.94 bits per heavy atom. The molecule has 1 atom stereocenters. The molecule has 0 aromatic carbocycles. The number of rotatable bonds is 9. The highest BCUT2D eigenvalue weighted by molar-refractivity contribution is 5.03. The van der Waals surface area contributed by atoms with E-state index in [0.717, 1.165) is 26.1 Å². The van der Waals surface area contributed by atoms with Crippen LogP contribution in [0.25, 0.3) is 0 Å². The third-order valence-electron chi connectivity index (χ3n) is 2.95. The standard InChI is InChI=1S/C13H27N3/c1-5-7-8-10-16(4)11-9-13(3,12-14)15-6-2/h15H,5-11H2,1-4H3. The van der Waals surface area contributed by atoms with Crippen LogP contribution in [0.15, 0.2) is 0 Å². The minimum atomic E-state index is -0.367. The van der Waals surface area contributed by atoms with Crippen molar-refractivity contribution in [2.24, 2.45) is 0 Å². The van der Waals surface area contributed by atoms with Gasteiger partial charge in [-0.25, -0.2) is 0 Å². The van der Waals surface area contributed by atoms with E-state index in [2.05, 4.69) is 30.3 Å². The summed E-state index contributed by atoms with van der Waals surface area (Å²) in [6.07, 6.45) is 4.71. The maximum atomic E-state index is 9.11. The Labute approximate surface area is 101 Å². The lowest BCUT2D eigenvalue weighted by molar-refractivity contribution is 0.284. The van der Waals surface area contributed by atoms with E-state index in [0.29, 0.717) is 0 Å². The van der Waals surface area contributed by atoms with Crippen LogP contribution in [0, 0.1) is 11.3 Å². The SMILES string of the molecule is CCCCCN(C)CCC(C)(C#N)NCC. The third-order valence-corrected chi connectivity index (χ3v) is 2.95. The smallest absolute Gasteiger partial charge is 0.105 e. The number of hydrogen-bond acceptors (Lipinski definition) is 3. The summed E-state index contributed by atoms with van der Waals surface area (Å²) in [6.45, 7) is 9.22. The Hall–Kier alpha value is -0.590. The summed E-state index contributed by atoms with van der Waals surface area (Å²) >= 11 is 0. The highest BCUT2D eigenvalue weighted by Gasteiger charge is 2.22. The van der Waals surface area contributed by atoms with Gasteiger partial charge in [-0.2, -0.15) is 5.26 Å². The Bertz CT molecular complexity index is 210. The summed E-state index contributed by atoms with van der Waals surface area (Å²) in [6, 6.07) is 2.36. The van der Waals surface area contributed by atoms with Crippen molar-refractivity contribution < 1.29 is 0 Å². The zero-order valence-corrected chi connectivity index (χ0v) is 11.3. The topological polar surface area (TPSA) is 39.1 Å². The molecule has 0 radical (unpaired) electrons. The highest BCUT2D eigenvalue weighted by Crippen LogP contribution is 2.09. The molecule has 3 heteroatoms. The minimum Gasteiger partial charge on any atom is -0.306 e. The summed E-state index contributed by atoms with van der Waals surface area (Å²) in [5.41, 5.74) is -0.367. The van der Waals surface area contributed by atoms with Gasteiger partial charge in [0.25, 0.3) is 0 Å². The Morgan fingerprint density at radius 3 is 2.44 bits per heavy atom. The number of hydrogen-bond donors (Lipinski definition) is 1. The fourth-order valence-corrected chi connectivity index (χ4v) is 1.73. The van der Waals surface area contributed by atoms with E-state index in [-0.39, 0.29) is 5.54 Å². The number of nitrogens with one attached hydrogen (secondary N) is 1. The Kier molecular flexibility index (Phi) is 8.23. The predicted octanol–water partition coefficient (Wildman–Crippen LogP) is 2.39. The fourth-order valence-electron chi connectivity index (χ4n) is 1.73. The lowest BCUT2D eigenvalue weighted by atomic mass is 9.99. The van der Waals surface area contributed by atoms with Crippen molar-refractivity contribution in [3.8, 4) is 6.07 Å². The van der Waals surface area contributed by atoms with Crippen molar-refractivity contribution in [3.05, 3.63) is 0 Å². The van der Waals surface area contributed by atoms with Crippen LogP contribution in [-0.4, -0.2) is 37.1 Å². The number of nitrogens with zero attached hydrogens (tertiary/aromatic N) is 2. The molecule has 0 spiro atoms. The first-order valence-corrected chi connectivity index (χ1v) is 6.42. The van der Waals surface area contributed by atoms with Gasteiger partial charge < -0.3 is 4.90 Å². The summed E-state index contributed by atoms with van der Waals surface area (Å²) in [5, 5.41) is 12.4. The average molecular weight is 225 g/mol. The maximum absolute atomic E-state index is 9.11. The quantitative estimate of drug-likeness (QED) is 0.612. The van der Waals surface area contributed by atoms with Crippen LogP contribution < -0.4 is 5.32 Å². The molecule has 3 nitrogen and oxygen atoms in total. The molecule has 0 saturated carbocycles. The second kappa shape index (κ2) is 8.55. The molecule has 0 aromatic heterocycles. The Morgan fingerprint density at radius 1 is 1.25 bits per heavy atom. The molecule has 0 bridgehead atoms. The second-order valence-electron chi connectivity index (χ2n) is 4.73. The third kappa shape index (κ3) is 6.81. The molecule has 0 rings (SSSR count). The normalized spacial score (nSPS) is 14.8. The van der Waals surface area contributed by atoms with Gasteiger partial charge in [-0.1, -0.05) is 26.7 Å². The molecule has 94 valence electrons. The van der Waals surface area contributed by atoms with Gasteiger partial charge >= 0.3 is 0 Å². The number of unbranched alkanes of at least 4 members (excludes halogenated alkanes) is 2. The van der Waals surface area contributed by atoms with E-state index in [1.807, 2.05) is 13.8 Å². The lowest BCUT2D eigenvalue weighted by Crippen LogP contribution is -2.43. The van der Waals surface area contributed by atoms with Crippen LogP contribution in [0.4, 0.5) is 0 Å². The molecular formula is C13H27N3. The summed E-state index contributed by atoms with van der Waals surface area (Å²) in [5.74, 6) is 0. The van der Waals surface area contributed by atoms with Gasteiger partial charge in [-0.05, 0) is 39.9 Å². The molecule has 1 N–H and O–H groups in total. The van der Waals surface area contributed by atoms with Gasteiger partial charge in [0, 0.05) is 6.54 Å². The van der Waals surface area contributed by atoms with Crippen LogP contribution in [0.5, 0.6) is 0 Å². The zero-order valence-electron chi connectivity index (χ0n) is 11.3. The van der Waals surface area contributed by atoms with Gasteiger partial charge in [0.2, 0.25) is 0 Å². The van der Waals surface area contributed by atoms with Gasteiger partial charge in [0.05, 0.1) is 6.07 Å². The van der Waals surface area contributed by atoms with Gasteiger partial charge in [-0.15, -0.1) is 0 Å². The van der Waals surface area contributed by atoms with Crippen LogP contribution in [0.2, 0.25) is 0 Å². The van der Waals surface area contributed by atoms with Gasteiger partial charge in [0.15, 0.2) is 0 Å². The summed E-state index contributed by atoms with van der Waals surface area (Å²) in [7, 11) is 2.14. The fraction of sp³-hybridized carbons (Fsp3) is 0.923. The molecule has 0 aliphatic carbocycles. The van der Waals surface area contributed by atoms with E-state index >= 15 is 0 Å². The highest BCUT2D eigenvalue weighted by atomic mass is 15.1. The summed E-state index contributed by atoms with van der Waals surface area (Å²) < 4.78 is 0. The molecule has 0 saturated heterocycles. The van der Waals surface area contributed by atoms with E-state index in [9.17, 15) is 0 Å². The van der Waals surface area contributed by atoms with E-state index in [4.69, 9.17) is 5.26 Å². The maximum Gasteiger partial charge on any atom is 0.105 e. The Balaban J connectivity index is 3.80. The minimum absolute atomic E-state index is 0.367. The van der Waals surface area contributed by atoms with E-state index in [1.165, 1.54) is 19.3 Å². The van der Waals surface area contributed by atoms with Crippen LogP contribution in [0.1, 0.15) is 46.5 Å². The van der Waals surface area contributed by atoms with Gasteiger partial charge in [0.1, 0.15) is 5.54 Å². The van der Waals surface area contributed by atoms with Crippen molar-refractivity contribution in [1.82, 2.24) is 10.2 Å². The molecular weight excluding hydrogens is 198 g/mol. The molecule has 0 fully saturated rings. The second-order valence-corrected chi connectivity index (χ2v) is 4.73. The van der Waals surface area contributed by atoms with Crippen molar-refractivity contribution >= 4 is 0 Å². The zero-order chi connectivity index (χ0) is 12.4. The first-order chi connectivity index (χ1) is 7.58. The van der Waals surface area contributed by atoms with Crippen LogP contribution in [0.3, 0.4) is 0 Å². The van der Waals surface area contributed by atoms with E-state index in [1.54, 1.807) is 0 Å². The van der Waals surface area contributed by atoms with E-state index < -0.39 is 0 Å². The predicted molar refractivity (Wildman–Crippen MR) is 69.3 cm³/mol. The first kappa shape index (κ1) is 15.4. The van der Waals surface area contributed by atoms with Gasteiger partial charge in [-0.3, -0.25) is 5.32 Å². The van der Waals surface area contributed by atoms with Crippen molar-refractivity contribution in [3.63, 3.8) is 0 Å². The molecule has 0 heterocycles. The van der Waals surface area contributed by atoms with Crippen molar-refractivity contribution in [1.29, 1.82) is 5.26 Å². The lowest BCUT2D eigenvalue weighted by Gasteiger charge is -2.25. The molecule has 1 unspecified atom stereocenters. The molecule has 16 heavy (non-hydrogen) atoms. The monoisotopic (exact) mass is 225 g/mol. The van der Waals surface area contributed by atoms with Crippen LogP contribution >= 0.6 is 0 Å².